The third-order valence-corrected chi connectivity index (χ3v) is 7.10. The number of carbonyl (C=O) groups excluding carboxylic acids is 2. The Labute approximate surface area is 199 Å². The number of rotatable bonds is 3. The Bertz CT molecular complexity index is 979. The normalized spacial score (nSPS) is 24.7. The molecule has 5 rings (SSSR count). The molecular weight excluding hydrogens is 440 g/mol. The standard InChI is InChI=1S/C25H29ClN4O3/c26-20-8-6-19(7-9-20)24(18-4-2-1-3-5-18)28-12-14-29(15-13-28)25(32)30-11-10-22-21(16-30)27-23(31)17-33-22/h1-9,21-22,24H,10-17H2,(H,27,31)/t21-,22+,24-/m1/s1. The highest BCUT2D eigenvalue weighted by Crippen LogP contribution is 2.30. The van der Waals surface area contributed by atoms with E-state index in [1.807, 2.05) is 28.0 Å². The molecule has 3 amide bonds. The Balaban J connectivity index is 1.25. The molecule has 3 atom stereocenters. The number of piperidine rings is 1. The number of piperazine rings is 1. The molecule has 3 heterocycles. The second kappa shape index (κ2) is 9.71. The van der Waals surface area contributed by atoms with Gasteiger partial charge in [-0.3, -0.25) is 9.69 Å². The maximum atomic E-state index is 13.2. The van der Waals surface area contributed by atoms with E-state index < -0.39 is 0 Å². The molecule has 0 aliphatic carbocycles. The highest BCUT2D eigenvalue weighted by molar-refractivity contribution is 6.30. The number of amides is 3. The van der Waals surface area contributed by atoms with Crippen molar-refractivity contribution in [3.8, 4) is 0 Å². The van der Waals surface area contributed by atoms with Crippen LogP contribution in [0.15, 0.2) is 54.6 Å². The van der Waals surface area contributed by atoms with E-state index in [1.54, 1.807) is 0 Å². The van der Waals surface area contributed by atoms with Gasteiger partial charge in [0.25, 0.3) is 0 Å². The molecule has 0 spiro atoms. The summed E-state index contributed by atoms with van der Waals surface area (Å²) < 4.78 is 5.62. The fraction of sp³-hybridized carbons (Fsp3) is 0.440. The van der Waals surface area contributed by atoms with Crippen molar-refractivity contribution in [2.75, 3.05) is 45.9 Å². The van der Waals surface area contributed by atoms with Gasteiger partial charge in [-0.2, -0.15) is 0 Å². The van der Waals surface area contributed by atoms with Crippen LogP contribution in [0.3, 0.4) is 0 Å². The van der Waals surface area contributed by atoms with Crippen LogP contribution in [0.1, 0.15) is 23.6 Å². The summed E-state index contributed by atoms with van der Waals surface area (Å²) in [5.74, 6) is -0.103. The number of carbonyl (C=O) groups is 2. The summed E-state index contributed by atoms with van der Waals surface area (Å²) in [5.41, 5.74) is 2.43. The summed E-state index contributed by atoms with van der Waals surface area (Å²) in [6.45, 7) is 4.20. The van der Waals surface area contributed by atoms with E-state index in [9.17, 15) is 9.59 Å². The second-order valence-corrected chi connectivity index (χ2v) is 9.36. The first-order valence-electron chi connectivity index (χ1n) is 11.6. The summed E-state index contributed by atoms with van der Waals surface area (Å²) in [7, 11) is 0. The quantitative estimate of drug-likeness (QED) is 0.752. The van der Waals surface area contributed by atoms with Gasteiger partial charge in [-0.25, -0.2) is 4.79 Å². The van der Waals surface area contributed by atoms with Crippen molar-refractivity contribution in [1.82, 2.24) is 20.0 Å². The molecule has 0 bridgehead atoms. The second-order valence-electron chi connectivity index (χ2n) is 8.93. The zero-order valence-corrected chi connectivity index (χ0v) is 19.3. The molecule has 3 saturated heterocycles. The molecule has 2 aromatic carbocycles. The molecule has 3 aliphatic rings. The number of nitrogens with zero attached hydrogens (tertiary/aromatic N) is 3. The summed E-state index contributed by atoms with van der Waals surface area (Å²) in [4.78, 5) is 31.1. The third kappa shape index (κ3) is 4.86. The van der Waals surface area contributed by atoms with Crippen molar-refractivity contribution in [3.05, 3.63) is 70.7 Å². The lowest BCUT2D eigenvalue weighted by Crippen LogP contribution is -2.63. The number of hydrogen-bond acceptors (Lipinski definition) is 4. The number of benzene rings is 2. The maximum absolute atomic E-state index is 13.2. The lowest BCUT2D eigenvalue weighted by molar-refractivity contribution is -0.139. The van der Waals surface area contributed by atoms with Gasteiger partial charge < -0.3 is 19.9 Å². The fourth-order valence-electron chi connectivity index (χ4n) is 5.14. The first-order chi connectivity index (χ1) is 16.1. The van der Waals surface area contributed by atoms with Crippen molar-refractivity contribution < 1.29 is 14.3 Å². The first kappa shape index (κ1) is 22.2. The molecule has 33 heavy (non-hydrogen) atoms. The largest absolute Gasteiger partial charge is 0.366 e. The van der Waals surface area contributed by atoms with E-state index in [0.717, 1.165) is 24.5 Å². The van der Waals surface area contributed by atoms with Crippen LogP contribution < -0.4 is 5.32 Å². The van der Waals surface area contributed by atoms with E-state index >= 15 is 0 Å². The Morgan fingerprint density at radius 3 is 2.36 bits per heavy atom. The van der Waals surface area contributed by atoms with Gasteiger partial charge in [0.2, 0.25) is 5.91 Å². The summed E-state index contributed by atoms with van der Waals surface area (Å²) in [6, 6.07) is 18.6. The van der Waals surface area contributed by atoms with Crippen LogP contribution in [0.2, 0.25) is 5.02 Å². The highest BCUT2D eigenvalue weighted by Gasteiger charge is 2.38. The van der Waals surface area contributed by atoms with Crippen LogP contribution >= 0.6 is 11.6 Å². The van der Waals surface area contributed by atoms with Crippen LogP contribution in [0, 0.1) is 0 Å². The van der Waals surface area contributed by atoms with E-state index in [0.29, 0.717) is 26.2 Å². The zero-order valence-electron chi connectivity index (χ0n) is 18.5. The van der Waals surface area contributed by atoms with Gasteiger partial charge in [-0.1, -0.05) is 54.1 Å². The number of hydrogen-bond donors (Lipinski definition) is 1. The summed E-state index contributed by atoms with van der Waals surface area (Å²) in [6.07, 6.45) is 0.762. The predicted octanol–water partition coefficient (Wildman–Crippen LogP) is 2.76. The number of halogens is 1. The number of urea groups is 1. The molecule has 2 aromatic rings. The van der Waals surface area contributed by atoms with Crippen LogP contribution in [-0.4, -0.2) is 84.7 Å². The molecule has 0 aromatic heterocycles. The number of nitrogens with one attached hydrogen (secondary N) is 1. The van der Waals surface area contributed by atoms with E-state index in [-0.39, 0.29) is 36.7 Å². The van der Waals surface area contributed by atoms with Crippen molar-refractivity contribution in [2.24, 2.45) is 0 Å². The van der Waals surface area contributed by atoms with Crippen molar-refractivity contribution >= 4 is 23.5 Å². The Kier molecular flexibility index (Phi) is 6.53. The minimum Gasteiger partial charge on any atom is -0.366 e. The van der Waals surface area contributed by atoms with Crippen molar-refractivity contribution in [1.29, 1.82) is 0 Å². The van der Waals surface area contributed by atoms with Crippen LogP contribution in [0.5, 0.6) is 0 Å². The van der Waals surface area contributed by atoms with Gasteiger partial charge >= 0.3 is 6.03 Å². The van der Waals surface area contributed by atoms with Gasteiger partial charge in [-0.05, 0) is 29.7 Å². The number of likely N-dealkylation sites (tertiary alicyclic amines) is 1. The van der Waals surface area contributed by atoms with Gasteiger partial charge in [0, 0.05) is 44.3 Å². The number of ether oxygens (including phenoxy) is 1. The molecule has 0 radical (unpaired) electrons. The SMILES string of the molecule is O=C1CO[C@H]2CCN(C(=O)N3CCN([C@H](c4ccccc4)c4ccc(Cl)cc4)CC3)C[C@H]2N1. The molecule has 3 aliphatic heterocycles. The van der Waals surface area contributed by atoms with Crippen molar-refractivity contribution in [3.63, 3.8) is 0 Å². The molecule has 174 valence electrons. The number of morpholine rings is 1. The Morgan fingerprint density at radius 1 is 0.939 bits per heavy atom. The van der Waals surface area contributed by atoms with E-state index in [4.69, 9.17) is 16.3 Å². The summed E-state index contributed by atoms with van der Waals surface area (Å²) in [5, 5.41) is 3.70. The average molecular weight is 469 g/mol. The smallest absolute Gasteiger partial charge is 0.320 e. The lowest BCUT2D eigenvalue weighted by atomic mass is 9.96. The minimum atomic E-state index is -0.113. The fourth-order valence-corrected chi connectivity index (χ4v) is 5.27. The van der Waals surface area contributed by atoms with Gasteiger partial charge in [0.05, 0.1) is 18.2 Å². The molecule has 0 unspecified atom stereocenters. The Hall–Kier alpha value is -2.61. The number of fused-ring (bicyclic) bond motifs is 1. The topological polar surface area (TPSA) is 65.1 Å². The van der Waals surface area contributed by atoms with Crippen LogP contribution in [0.4, 0.5) is 4.79 Å². The zero-order chi connectivity index (χ0) is 22.8. The minimum absolute atomic E-state index is 0.00889. The molecule has 7 nitrogen and oxygen atoms in total. The van der Waals surface area contributed by atoms with E-state index in [1.165, 1.54) is 11.1 Å². The lowest BCUT2D eigenvalue weighted by Gasteiger charge is -2.44. The monoisotopic (exact) mass is 468 g/mol. The van der Waals surface area contributed by atoms with Gasteiger partial charge in [-0.15, -0.1) is 0 Å². The molecule has 1 N–H and O–H groups in total. The molecule has 3 fully saturated rings. The van der Waals surface area contributed by atoms with Crippen molar-refractivity contribution in [2.45, 2.75) is 24.6 Å². The van der Waals surface area contributed by atoms with Crippen LogP contribution in [0.25, 0.3) is 0 Å². The molecule has 8 heteroatoms. The van der Waals surface area contributed by atoms with E-state index in [2.05, 4.69) is 46.6 Å². The predicted molar refractivity (Wildman–Crippen MR) is 126 cm³/mol. The Morgan fingerprint density at radius 2 is 1.64 bits per heavy atom. The third-order valence-electron chi connectivity index (χ3n) is 6.85. The first-order valence-corrected chi connectivity index (χ1v) is 12.0. The van der Waals surface area contributed by atoms with Gasteiger partial charge in [0.15, 0.2) is 0 Å². The molecule has 0 saturated carbocycles. The van der Waals surface area contributed by atoms with Crippen LogP contribution in [-0.2, 0) is 9.53 Å². The molecular formula is C25H29ClN4O3. The highest BCUT2D eigenvalue weighted by atomic mass is 35.5. The average Bonchev–Trinajstić information content (AvgIpc) is 2.85. The maximum Gasteiger partial charge on any atom is 0.320 e. The van der Waals surface area contributed by atoms with Gasteiger partial charge in [0.1, 0.15) is 6.61 Å². The summed E-state index contributed by atoms with van der Waals surface area (Å²) >= 11 is 6.13.